The number of Topliss-reactive ketones (excluding diaryl/α,β-unsaturated/α-hetero) is 1. The molecule has 196 valence electrons. The first-order chi connectivity index (χ1) is 18.7. The summed E-state index contributed by atoms with van der Waals surface area (Å²) in [5, 5.41) is 11.7. The van der Waals surface area contributed by atoms with Crippen molar-refractivity contribution in [1.82, 2.24) is 4.90 Å². The molecule has 3 unspecified atom stereocenters. The molecule has 3 heterocycles. The number of halogens is 1. The Morgan fingerprint density at radius 2 is 1.79 bits per heavy atom. The van der Waals surface area contributed by atoms with Crippen LogP contribution in [0.5, 0.6) is 5.75 Å². The monoisotopic (exact) mass is 587 g/mol. The topological polar surface area (TPSA) is 110 Å². The van der Waals surface area contributed by atoms with Crippen molar-refractivity contribution < 1.29 is 24.0 Å². The molecule has 0 aromatic heterocycles. The van der Waals surface area contributed by atoms with Crippen LogP contribution in [-0.4, -0.2) is 45.7 Å². The van der Waals surface area contributed by atoms with Crippen LogP contribution in [0.4, 0.5) is 11.4 Å². The Morgan fingerprint density at radius 3 is 2.51 bits per heavy atom. The van der Waals surface area contributed by atoms with E-state index in [1.807, 2.05) is 32.0 Å². The minimum absolute atomic E-state index is 0.000935. The fraction of sp³-hybridized carbons (Fsp3) is 0.207. The highest BCUT2D eigenvalue weighted by Gasteiger charge is 2.69. The summed E-state index contributed by atoms with van der Waals surface area (Å²) >= 11 is 3.40. The second-order valence-corrected chi connectivity index (χ2v) is 10.7. The molecule has 2 amide bonds. The molecule has 39 heavy (non-hydrogen) atoms. The van der Waals surface area contributed by atoms with Crippen LogP contribution in [0.3, 0.4) is 0 Å². The van der Waals surface area contributed by atoms with Crippen LogP contribution in [0.15, 0.2) is 77.3 Å². The Labute approximate surface area is 231 Å². The highest BCUT2D eigenvalue weighted by Crippen LogP contribution is 2.51. The third-order valence-electron chi connectivity index (χ3n) is 7.68. The number of amides is 2. The molecule has 0 aliphatic carbocycles. The summed E-state index contributed by atoms with van der Waals surface area (Å²) in [6.45, 7) is 3.73. The van der Waals surface area contributed by atoms with Gasteiger partial charge in [-0.15, -0.1) is 0 Å². The van der Waals surface area contributed by atoms with E-state index in [0.29, 0.717) is 21.5 Å². The van der Waals surface area contributed by atoms with Crippen molar-refractivity contribution in [3.05, 3.63) is 110 Å². The van der Waals surface area contributed by atoms with Crippen molar-refractivity contribution in [2.75, 3.05) is 11.4 Å². The number of anilines is 1. The molecular formula is C29H22BrN3O6. The molecule has 0 N–H and O–H groups in total. The molecule has 1 saturated heterocycles. The Kier molecular flexibility index (Phi) is 5.69. The summed E-state index contributed by atoms with van der Waals surface area (Å²) < 4.78 is 7.06. The fourth-order valence-corrected chi connectivity index (χ4v) is 6.38. The van der Waals surface area contributed by atoms with E-state index >= 15 is 0 Å². The van der Waals surface area contributed by atoms with Crippen LogP contribution < -0.4 is 9.64 Å². The van der Waals surface area contributed by atoms with E-state index in [0.717, 1.165) is 11.1 Å². The van der Waals surface area contributed by atoms with Crippen molar-refractivity contribution in [2.45, 2.75) is 25.6 Å². The van der Waals surface area contributed by atoms with Gasteiger partial charge >= 0.3 is 0 Å². The molecule has 3 aliphatic rings. The molecule has 0 bridgehead atoms. The molecule has 3 aromatic rings. The second kappa shape index (κ2) is 8.88. The molecular weight excluding hydrogens is 566 g/mol. The van der Waals surface area contributed by atoms with Crippen LogP contribution in [0.2, 0.25) is 0 Å². The molecule has 10 heteroatoms. The van der Waals surface area contributed by atoms with Gasteiger partial charge in [0.05, 0.1) is 16.2 Å². The first kappa shape index (κ1) is 25.0. The van der Waals surface area contributed by atoms with Gasteiger partial charge in [0.2, 0.25) is 0 Å². The number of fused-ring (bicyclic) bond motifs is 3. The number of nitro benzene ring substituents is 1. The summed E-state index contributed by atoms with van der Waals surface area (Å²) in [7, 11) is 0. The first-order valence-electron chi connectivity index (χ1n) is 12.3. The second-order valence-electron chi connectivity index (χ2n) is 9.82. The molecule has 9 nitrogen and oxygen atoms in total. The number of para-hydroxylation sites is 2. The summed E-state index contributed by atoms with van der Waals surface area (Å²) in [6.07, 6.45) is 2.19. The van der Waals surface area contributed by atoms with Gasteiger partial charge in [0, 0.05) is 17.1 Å². The molecule has 6 rings (SSSR count). The molecule has 0 saturated carbocycles. The van der Waals surface area contributed by atoms with Crippen LogP contribution in [-0.2, 0) is 4.79 Å². The van der Waals surface area contributed by atoms with Gasteiger partial charge in [-0.2, -0.15) is 0 Å². The number of ether oxygens (including phenoxy) is 1. The SMILES string of the molecule is Cc1cccc(C)c1N1C(=O)C2(C=CCN2C(=O)c2ccccc2[N+](=O)[O-])C2C(=O)c3cc(Br)ccc3OC21. The largest absolute Gasteiger partial charge is 0.468 e. The lowest BCUT2D eigenvalue weighted by atomic mass is 9.78. The smallest absolute Gasteiger partial charge is 0.282 e. The normalized spacial score (nSPS) is 23.2. The highest BCUT2D eigenvalue weighted by molar-refractivity contribution is 9.10. The van der Waals surface area contributed by atoms with E-state index in [-0.39, 0.29) is 23.6 Å². The van der Waals surface area contributed by atoms with Crippen molar-refractivity contribution in [3.8, 4) is 5.75 Å². The van der Waals surface area contributed by atoms with Gasteiger partial charge in [-0.1, -0.05) is 58.4 Å². The number of aryl methyl sites for hydroxylation is 2. The van der Waals surface area contributed by atoms with Crippen molar-refractivity contribution in [3.63, 3.8) is 0 Å². The number of hydrogen-bond donors (Lipinski definition) is 0. The fourth-order valence-electron chi connectivity index (χ4n) is 6.01. The third-order valence-corrected chi connectivity index (χ3v) is 8.17. The van der Waals surface area contributed by atoms with E-state index in [4.69, 9.17) is 4.74 Å². The lowest BCUT2D eigenvalue weighted by Gasteiger charge is -2.38. The summed E-state index contributed by atoms with van der Waals surface area (Å²) in [4.78, 5) is 56.7. The maximum Gasteiger partial charge on any atom is 0.282 e. The minimum atomic E-state index is -1.74. The molecule has 3 atom stereocenters. The molecule has 3 aliphatic heterocycles. The molecule has 1 fully saturated rings. The Hall–Kier alpha value is -4.31. The van der Waals surface area contributed by atoms with Gasteiger partial charge in [-0.05, 0) is 49.2 Å². The Bertz CT molecular complexity index is 1610. The van der Waals surface area contributed by atoms with Crippen LogP contribution >= 0.6 is 15.9 Å². The van der Waals surface area contributed by atoms with Crippen LogP contribution in [0.1, 0.15) is 31.8 Å². The average Bonchev–Trinajstić information content (AvgIpc) is 3.45. The zero-order valence-corrected chi connectivity index (χ0v) is 22.5. The highest BCUT2D eigenvalue weighted by atomic mass is 79.9. The van der Waals surface area contributed by atoms with Gasteiger partial charge in [-0.25, -0.2) is 0 Å². The maximum absolute atomic E-state index is 14.6. The minimum Gasteiger partial charge on any atom is -0.468 e. The maximum atomic E-state index is 14.6. The van der Waals surface area contributed by atoms with Crippen molar-refractivity contribution in [2.24, 2.45) is 5.92 Å². The summed E-state index contributed by atoms with van der Waals surface area (Å²) in [5.41, 5.74) is 0.217. The van der Waals surface area contributed by atoms with E-state index in [1.54, 1.807) is 30.4 Å². The Balaban J connectivity index is 1.57. The van der Waals surface area contributed by atoms with E-state index < -0.39 is 34.4 Å². The average molecular weight is 588 g/mol. The van der Waals surface area contributed by atoms with Crippen molar-refractivity contribution in [1.29, 1.82) is 0 Å². The zero-order chi connectivity index (χ0) is 27.6. The first-order valence-corrected chi connectivity index (χ1v) is 13.1. The van der Waals surface area contributed by atoms with Crippen molar-refractivity contribution >= 4 is 44.9 Å². The van der Waals surface area contributed by atoms with Gasteiger partial charge in [-0.3, -0.25) is 29.4 Å². The van der Waals surface area contributed by atoms with Gasteiger partial charge in [0.15, 0.2) is 17.6 Å². The summed E-state index contributed by atoms with van der Waals surface area (Å²) in [5.74, 6) is -2.34. The van der Waals surface area contributed by atoms with E-state index in [2.05, 4.69) is 15.9 Å². The van der Waals surface area contributed by atoms with E-state index in [9.17, 15) is 24.5 Å². The number of benzene rings is 3. The number of nitro groups is 1. The molecule has 0 radical (unpaired) electrons. The lowest BCUT2D eigenvalue weighted by molar-refractivity contribution is -0.385. The van der Waals surface area contributed by atoms with E-state index in [1.165, 1.54) is 34.1 Å². The number of carbonyl (C=O) groups excluding carboxylic acids is 3. The van der Waals surface area contributed by atoms with Crippen LogP contribution in [0, 0.1) is 29.9 Å². The Morgan fingerprint density at radius 1 is 1.08 bits per heavy atom. The third kappa shape index (κ3) is 3.47. The summed E-state index contributed by atoms with van der Waals surface area (Å²) in [6, 6.07) is 16.3. The molecule has 1 spiro atoms. The quantitative estimate of drug-likeness (QED) is 0.242. The number of carbonyl (C=O) groups is 3. The number of ketones is 1. The lowest BCUT2D eigenvalue weighted by Crippen LogP contribution is -2.58. The van der Waals surface area contributed by atoms with Crippen LogP contribution in [0.25, 0.3) is 0 Å². The van der Waals surface area contributed by atoms with Gasteiger partial charge < -0.3 is 9.64 Å². The predicted octanol–water partition coefficient (Wildman–Crippen LogP) is 4.99. The number of rotatable bonds is 3. The standard InChI is InChI=1S/C29H22BrN3O6/c1-16-7-5-8-17(2)24(16)32-27-23(25(34)20-15-18(30)11-12-22(20)39-27)29(28(32)36)13-6-14-31(29)26(35)19-9-3-4-10-21(19)33(37)38/h3-13,15,23,27H,14H2,1-2H3. The molecule has 3 aromatic carbocycles. The number of nitrogens with zero attached hydrogens (tertiary/aromatic N) is 3. The predicted molar refractivity (Wildman–Crippen MR) is 146 cm³/mol. The zero-order valence-electron chi connectivity index (χ0n) is 21.0. The van der Waals surface area contributed by atoms with Gasteiger partial charge in [0.1, 0.15) is 17.2 Å². The number of hydrogen-bond acceptors (Lipinski definition) is 6. The van der Waals surface area contributed by atoms with Gasteiger partial charge in [0.25, 0.3) is 17.5 Å².